The molecule has 2 rings (SSSR count). The monoisotopic (exact) mass is 340 g/mol. The van der Waals surface area contributed by atoms with Crippen LogP contribution in [-0.2, 0) is 16.1 Å². The fourth-order valence-corrected chi connectivity index (χ4v) is 2.44. The summed E-state index contributed by atoms with van der Waals surface area (Å²) >= 11 is 0. The molecule has 0 radical (unpaired) electrons. The average molecular weight is 340 g/mol. The quantitative estimate of drug-likeness (QED) is 0.803. The number of carbonyl (C=O) groups excluding carboxylic acids is 2. The summed E-state index contributed by atoms with van der Waals surface area (Å²) in [6.07, 6.45) is -0.533. The van der Waals surface area contributed by atoms with E-state index in [2.05, 4.69) is 0 Å². The third-order valence-electron chi connectivity index (χ3n) is 3.84. The van der Waals surface area contributed by atoms with Gasteiger partial charge in [-0.1, -0.05) is 48.0 Å². The highest BCUT2D eigenvalue weighted by Gasteiger charge is 2.22. The second kappa shape index (κ2) is 8.87. The number of amides is 2. The second-order valence-corrected chi connectivity index (χ2v) is 6.03. The zero-order valence-corrected chi connectivity index (χ0v) is 14.6. The predicted octanol–water partition coefficient (Wildman–Crippen LogP) is 2.67. The molecule has 0 saturated heterocycles. The van der Waals surface area contributed by atoms with Gasteiger partial charge in [0.05, 0.1) is 0 Å². The van der Waals surface area contributed by atoms with E-state index in [-0.39, 0.29) is 18.9 Å². The smallest absolute Gasteiger partial charge is 0.263 e. The summed E-state index contributed by atoms with van der Waals surface area (Å²) in [6, 6.07) is 17.2. The van der Waals surface area contributed by atoms with Crippen molar-refractivity contribution >= 4 is 11.8 Å². The highest BCUT2D eigenvalue weighted by atomic mass is 16.5. The lowest BCUT2D eigenvalue weighted by Gasteiger charge is -2.26. The van der Waals surface area contributed by atoms with Crippen LogP contribution >= 0.6 is 0 Å². The minimum absolute atomic E-state index is 0.121. The third-order valence-corrected chi connectivity index (χ3v) is 3.84. The molecule has 2 N–H and O–H groups in total. The first kappa shape index (κ1) is 18.5. The highest BCUT2D eigenvalue weighted by molar-refractivity contribution is 5.82. The third kappa shape index (κ3) is 5.95. The van der Waals surface area contributed by atoms with Crippen LogP contribution in [0.25, 0.3) is 0 Å². The van der Waals surface area contributed by atoms with Gasteiger partial charge in [-0.2, -0.15) is 0 Å². The predicted molar refractivity (Wildman–Crippen MR) is 96.9 cm³/mol. The molecule has 0 aliphatic heterocycles. The van der Waals surface area contributed by atoms with E-state index in [1.165, 1.54) is 0 Å². The van der Waals surface area contributed by atoms with Crippen LogP contribution in [0.15, 0.2) is 54.6 Å². The number of nitrogens with zero attached hydrogens (tertiary/aromatic N) is 1. The second-order valence-electron chi connectivity index (χ2n) is 6.03. The summed E-state index contributed by atoms with van der Waals surface area (Å²) in [7, 11) is 0. The molecule has 5 heteroatoms. The maximum absolute atomic E-state index is 12.8. The lowest BCUT2D eigenvalue weighted by molar-refractivity contribution is -0.139. The summed E-state index contributed by atoms with van der Waals surface area (Å²) in [5.41, 5.74) is 7.35. The van der Waals surface area contributed by atoms with Gasteiger partial charge in [0.15, 0.2) is 6.10 Å². The molecular weight excluding hydrogens is 316 g/mol. The van der Waals surface area contributed by atoms with Gasteiger partial charge in [-0.05, 0) is 31.5 Å². The Labute approximate surface area is 148 Å². The maximum atomic E-state index is 12.8. The molecule has 0 bridgehead atoms. The Hall–Kier alpha value is -2.82. The van der Waals surface area contributed by atoms with Gasteiger partial charge >= 0.3 is 0 Å². The van der Waals surface area contributed by atoms with Gasteiger partial charge in [0, 0.05) is 19.5 Å². The molecule has 2 aromatic carbocycles. The number of ether oxygens (including phenoxy) is 1. The van der Waals surface area contributed by atoms with Crippen molar-refractivity contribution in [1.29, 1.82) is 0 Å². The molecule has 132 valence electrons. The van der Waals surface area contributed by atoms with Crippen LogP contribution in [0.2, 0.25) is 0 Å². The topological polar surface area (TPSA) is 72.6 Å². The molecule has 0 aliphatic carbocycles. The minimum Gasteiger partial charge on any atom is -0.481 e. The largest absolute Gasteiger partial charge is 0.481 e. The van der Waals surface area contributed by atoms with Crippen molar-refractivity contribution in [1.82, 2.24) is 4.90 Å². The maximum Gasteiger partial charge on any atom is 0.263 e. The van der Waals surface area contributed by atoms with E-state index in [0.717, 1.165) is 11.1 Å². The Bertz CT molecular complexity index is 699. The SMILES string of the molecule is Cc1ccc(OC(C)C(=O)N(CCC(N)=O)Cc2ccccc2)cc1. The van der Waals surface area contributed by atoms with E-state index in [1.54, 1.807) is 11.8 Å². The van der Waals surface area contributed by atoms with Crippen molar-refractivity contribution in [3.05, 3.63) is 65.7 Å². The fraction of sp³-hybridized carbons (Fsp3) is 0.300. The molecule has 0 aliphatic rings. The Kier molecular flexibility index (Phi) is 6.57. The number of rotatable bonds is 8. The van der Waals surface area contributed by atoms with Gasteiger partial charge < -0.3 is 15.4 Å². The highest BCUT2D eigenvalue weighted by Crippen LogP contribution is 2.15. The van der Waals surface area contributed by atoms with E-state index in [9.17, 15) is 9.59 Å². The first-order valence-corrected chi connectivity index (χ1v) is 8.30. The molecule has 1 atom stereocenters. The number of carbonyl (C=O) groups is 2. The number of hydrogen-bond acceptors (Lipinski definition) is 3. The van der Waals surface area contributed by atoms with Crippen LogP contribution in [0.4, 0.5) is 0 Å². The van der Waals surface area contributed by atoms with E-state index in [1.807, 2.05) is 61.5 Å². The number of primary amides is 1. The first-order chi connectivity index (χ1) is 12.0. The molecular formula is C20H24N2O3. The van der Waals surface area contributed by atoms with Crippen LogP contribution in [0, 0.1) is 6.92 Å². The molecule has 1 unspecified atom stereocenters. The summed E-state index contributed by atoms with van der Waals surface area (Å²) in [5.74, 6) is 0.0321. The van der Waals surface area contributed by atoms with Crippen LogP contribution in [0.3, 0.4) is 0 Å². The zero-order chi connectivity index (χ0) is 18.2. The van der Waals surface area contributed by atoms with Gasteiger partial charge in [-0.25, -0.2) is 0 Å². The molecule has 0 aromatic heterocycles. The van der Waals surface area contributed by atoms with Crippen molar-refractivity contribution in [3.8, 4) is 5.75 Å². The number of aryl methyl sites for hydroxylation is 1. The van der Waals surface area contributed by atoms with Crippen LogP contribution in [0.1, 0.15) is 24.5 Å². The summed E-state index contributed by atoms with van der Waals surface area (Å²) in [4.78, 5) is 25.5. The molecule has 25 heavy (non-hydrogen) atoms. The van der Waals surface area contributed by atoms with Crippen molar-refractivity contribution in [3.63, 3.8) is 0 Å². The molecule has 5 nitrogen and oxygen atoms in total. The van der Waals surface area contributed by atoms with Gasteiger partial charge in [0.2, 0.25) is 5.91 Å². The molecule has 0 spiro atoms. The Morgan fingerprint density at radius 3 is 2.32 bits per heavy atom. The Morgan fingerprint density at radius 2 is 1.72 bits per heavy atom. The standard InChI is InChI=1S/C20H24N2O3/c1-15-8-10-18(11-9-15)25-16(2)20(24)22(13-12-19(21)23)14-17-6-4-3-5-7-17/h3-11,16H,12-14H2,1-2H3,(H2,21,23). The molecule has 2 aromatic rings. The van der Waals surface area contributed by atoms with E-state index in [0.29, 0.717) is 12.3 Å². The van der Waals surface area contributed by atoms with E-state index >= 15 is 0 Å². The van der Waals surface area contributed by atoms with Gasteiger partial charge in [-0.15, -0.1) is 0 Å². The molecule has 0 saturated carbocycles. The Balaban J connectivity index is 2.06. The van der Waals surface area contributed by atoms with Crippen molar-refractivity contribution in [2.45, 2.75) is 32.9 Å². The summed E-state index contributed by atoms with van der Waals surface area (Å²) in [6.45, 7) is 4.38. The summed E-state index contributed by atoms with van der Waals surface area (Å²) < 4.78 is 5.75. The van der Waals surface area contributed by atoms with Crippen molar-refractivity contribution in [2.24, 2.45) is 5.73 Å². The van der Waals surface area contributed by atoms with E-state index in [4.69, 9.17) is 10.5 Å². The number of benzene rings is 2. The van der Waals surface area contributed by atoms with Crippen LogP contribution < -0.4 is 10.5 Å². The van der Waals surface area contributed by atoms with Crippen molar-refractivity contribution in [2.75, 3.05) is 6.54 Å². The summed E-state index contributed by atoms with van der Waals surface area (Å²) in [5, 5.41) is 0. The average Bonchev–Trinajstić information content (AvgIpc) is 2.60. The van der Waals surface area contributed by atoms with Crippen LogP contribution in [0.5, 0.6) is 5.75 Å². The zero-order valence-electron chi connectivity index (χ0n) is 14.6. The lowest BCUT2D eigenvalue weighted by atomic mass is 10.2. The van der Waals surface area contributed by atoms with Gasteiger partial charge in [0.25, 0.3) is 5.91 Å². The normalized spacial score (nSPS) is 11.6. The molecule has 0 fully saturated rings. The van der Waals surface area contributed by atoms with E-state index < -0.39 is 12.0 Å². The minimum atomic E-state index is -0.653. The Morgan fingerprint density at radius 1 is 1.08 bits per heavy atom. The first-order valence-electron chi connectivity index (χ1n) is 8.30. The van der Waals surface area contributed by atoms with Gasteiger partial charge in [-0.3, -0.25) is 9.59 Å². The molecule has 0 heterocycles. The fourth-order valence-electron chi connectivity index (χ4n) is 2.44. The number of hydrogen-bond donors (Lipinski definition) is 1. The van der Waals surface area contributed by atoms with Gasteiger partial charge in [0.1, 0.15) is 5.75 Å². The van der Waals surface area contributed by atoms with Crippen LogP contribution in [-0.4, -0.2) is 29.4 Å². The molecule has 2 amide bonds. The van der Waals surface area contributed by atoms with Crippen molar-refractivity contribution < 1.29 is 14.3 Å². The lowest BCUT2D eigenvalue weighted by Crippen LogP contribution is -2.41. The number of nitrogens with two attached hydrogens (primary N) is 1.